The van der Waals surface area contributed by atoms with Crippen molar-refractivity contribution in [3.8, 4) is 5.75 Å². The minimum atomic E-state index is -4.65. The molecule has 0 amide bonds. The number of rotatable bonds is 7. The van der Waals surface area contributed by atoms with E-state index in [1.165, 1.54) is 25.3 Å². The molecule has 0 bridgehead atoms. The molecule has 1 fully saturated rings. The summed E-state index contributed by atoms with van der Waals surface area (Å²) in [5, 5.41) is 0. The van der Waals surface area contributed by atoms with Crippen LogP contribution in [0.15, 0.2) is 22.7 Å². The lowest BCUT2D eigenvalue weighted by Crippen LogP contribution is -2.37. The van der Waals surface area contributed by atoms with E-state index in [-0.39, 0.29) is 24.0 Å². The van der Waals surface area contributed by atoms with E-state index < -0.39 is 18.2 Å². The summed E-state index contributed by atoms with van der Waals surface area (Å²) in [6, 6.07) is 1.78. The highest BCUT2D eigenvalue weighted by Crippen LogP contribution is 2.36. The number of alkyl halides is 3. The monoisotopic (exact) mass is 439 g/mol. The molecule has 2 rings (SSSR count). The SMILES string of the molecule is COCOc1cc(C(NOC(=O)C2CCCCC2)C(F)(F)F)ccc1Br. The molecule has 0 aromatic heterocycles. The Morgan fingerprint density at radius 3 is 2.62 bits per heavy atom. The van der Waals surface area contributed by atoms with Crippen LogP contribution in [0.4, 0.5) is 13.2 Å². The van der Waals surface area contributed by atoms with Crippen molar-refractivity contribution >= 4 is 21.9 Å². The molecule has 1 aromatic carbocycles. The maximum atomic E-state index is 13.5. The van der Waals surface area contributed by atoms with Crippen molar-refractivity contribution in [2.45, 2.75) is 44.3 Å². The molecule has 1 N–H and O–H groups in total. The number of carbonyl (C=O) groups is 1. The van der Waals surface area contributed by atoms with Gasteiger partial charge in [-0.2, -0.15) is 13.2 Å². The topological polar surface area (TPSA) is 56.8 Å². The molecule has 0 heterocycles. The van der Waals surface area contributed by atoms with E-state index >= 15 is 0 Å². The lowest BCUT2D eigenvalue weighted by Gasteiger charge is -2.24. The summed E-state index contributed by atoms with van der Waals surface area (Å²) in [5.74, 6) is -0.804. The van der Waals surface area contributed by atoms with Crippen molar-refractivity contribution in [2.75, 3.05) is 13.9 Å². The van der Waals surface area contributed by atoms with Crippen LogP contribution in [0.2, 0.25) is 0 Å². The van der Waals surface area contributed by atoms with Gasteiger partial charge in [-0.15, -0.1) is 5.48 Å². The molecule has 26 heavy (non-hydrogen) atoms. The van der Waals surface area contributed by atoms with Gasteiger partial charge in [0.1, 0.15) is 5.75 Å². The maximum Gasteiger partial charge on any atom is 0.411 e. The zero-order valence-corrected chi connectivity index (χ0v) is 15.9. The fourth-order valence-corrected chi connectivity index (χ4v) is 3.16. The average molecular weight is 440 g/mol. The van der Waals surface area contributed by atoms with Gasteiger partial charge in [0.15, 0.2) is 12.8 Å². The molecule has 9 heteroatoms. The number of nitrogens with one attached hydrogen (secondary N) is 1. The number of carbonyl (C=O) groups excluding carboxylic acids is 1. The Morgan fingerprint density at radius 2 is 2.00 bits per heavy atom. The molecule has 1 unspecified atom stereocenters. The average Bonchev–Trinajstić information content (AvgIpc) is 2.61. The third kappa shape index (κ3) is 5.85. The Hall–Kier alpha value is -1.32. The number of ether oxygens (including phenoxy) is 2. The van der Waals surface area contributed by atoms with Gasteiger partial charge in [-0.1, -0.05) is 25.3 Å². The van der Waals surface area contributed by atoms with Gasteiger partial charge in [0.25, 0.3) is 0 Å². The lowest BCUT2D eigenvalue weighted by molar-refractivity contribution is -0.195. The summed E-state index contributed by atoms with van der Waals surface area (Å²) in [7, 11) is 1.41. The van der Waals surface area contributed by atoms with Gasteiger partial charge in [-0.05, 0) is 46.5 Å². The maximum absolute atomic E-state index is 13.5. The summed E-state index contributed by atoms with van der Waals surface area (Å²) in [6.45, 7) is -0.108. The summed E-state index contributed by atoms with van der Waals surface area (Å²) in [5.41, 5.74) is 1.76. The molecule has 1 aromatic rings. The van der Waals surface area contributed by atoms with Crippen LogP contribution in [0, 0.1) is 5.92 Å². The minimum absolute atomic E-state index is 0.108. The first-order valence-corrected chi connectivity index (χ1v) is 9.06. The molecule has 1 aliphatic rings. The van der Waals surface area contributed by atoms with Crippen LogP contribution in [-0.2, 0) is 14.4 Å². The first kappa shape index (κ1) is 21.0. The first-order chi connectivity index (χ1) is 12.3. The van der Waals surface area contributed by atoms with E-state index in [4.69, 9.17) is 14.3 Å². The summed E-state index contributed by atoms with van der Waals surface area (Å²) < 4.78 is 50.8. The van der Waals surface area contributed by atoms with E-state index in [0.717, 1.165) is 19.3 Å². The van der Waals surface area contributed by atoms with Gasteiger partial charge in [-0.25, -0.2) is 0 Å². The molecule has 1 atom stereocenters. The van der Waals surface area contributed by atoms with Crippen LogP contribution in [-0.4, -0.2) is 26.0 Å². The molecular weight excluding hydrogens is 419 g/mol. The standard InChI is InChI=1S/C17H21BrF3NO4/c1-24-10-25-14-9-12(7-8-13(14)18)15(17(19,20)21)22-26-16(23)11-5-3-2-4-6-11/h7-9,11,15,22H,2-6,10H2,1H3. The Labute approximate surface area is 158 Å². The van der Waals surface area contributed by atoms with E-state index in [1.54, 1.807) is 0 Å². The van der Waals surface area contributed by atoms with Crippen LogP contribution in [0.1, 0.15) is 43.7 Å². The molecular formula is C17H21BrF3NO4. The predicted octanol–water partition coefficient (Wildman–Crippen LogP) is 4.66. The van der Waals surface area contributed by atoms with Gasteiger partial charge < -0.3 is 14.3 Å². The van der Waals surface area contributed by atoms with Gasteiger partial charge in [-0.3, -0.25) is 4.79 Å². The highest BCUT2D eigenvalue weighted by molar-refractivity contribution is 9.10. The Balaban J connectivity index is 2.10. The van der Waals surface area contributed by atoms with Crippen molar-refractivity contribution in [2.24, 2.45) is 5.92 Å². The largest absolute Gasteiger partial charge is 0.466 e. The first-order valence-electron chi connectivity index (χ1n) is 8.27. The van der Waals surface area contributed by atoms with Crippen molar-refractivity contribution in [1.29, 1.82) is 0 Å². The summed E-state index contributed by atoms with van der Waals surface area (Å²) in [6.07, 6.45) is -0.565. The Kier molecular flexibility index (Phi) is 7.72. The smallest absolute Gasteiger partial charge is 0.411 e. The van der Waals surface area contributed by atoms with Gasteiger partial charge in [0.05, 0.1) is 10.4 Å². The minimum Gasteiger partial charge on any atom is -0.466 e. The number of benzene rings is 1. The molecule has 0 radical (unpaired) electrons. The molecule has 0 spiro atoms. The van der Waals surface area contributed by atoms with Gasteiger partial charge in [0.2, 0.25) is 0 Å². The van der Waals surface area contributed by atoms with Crippen molar-refractivity contribution in [1.82, 2.24) is 5.48 Å². The predicted molar refractivity (Wildman–Crippen MR) is 91.2 cm³/mol. The number of hydrogen-bond donors (Lipinski definition) is 1. The van der Waals surface area contributed by atoms with Crippen molar-refractivity contribution < 1.29 is 32.3 Å². The lowest BCUT2D eigenvalue weighted by atomic mass is 9.89. The number of hydroxylamine groups is 1. The Morgan fingerprint density at radius 1 is 1.31 bits per heavy atom. The Bertz CT molecular complexity index is 606. The van der Waals surface area contributed by atoms with Crippen LogP contribution < -0.4 is 10.2 Å². The fraction of sp³-hybridized carbons (Fsp3) is 0.588. The summed E-state index contributed by atoms with van der Waals surface area (Å²) in [4.78, 5) is 16.8. The van der Waals surface area contributed by atoms with E-state index in [0.29, 0.717) is 17.3 Å². The molecule has 146 valence electrons. The number of halogens is 4. The third-order valence-corrected chi connectivity index (χ3v) is 4.82. The molecule has 0 aliphatic heterocycles. The van der Waals surface area contributed by atoms with E-state index in [1.807, 2.05) is 5.48 Å². The number of methoxy groups -OCH3 is 1. The summed E-state index contributed by atoms with van der Waals surface area (Å²) >= 11 is 3.21. The van der Waals surface area contributed by atoms with Gasteiger partial charge >= 0.3 is 12.1 Å². The molecule has 5 nitrogen and oxygen atoms in total. The zero-order chi connectivity index (χ0) is 19.2. The molecule has 0 saturated heterocycles. The van der Waals surface area contributed by atoms with E-state index in [2.05, 4.69) is 15.9 Å². The second kappa shape index (κ2) is 9.57. The van der Waals surface area contributed by atoms with Crippen molar-refractivity contribution in [3.63, 3.8) is 0 Å². The normalized spacial score (nSPS) is 17.0. The fourth-order valence-electron chi connectivity index (χ4n) is 2.79. The van der Waals surface area contributed by atoms with Crippen molar-refractivity contribution in [3.05, 3.63) is 28.2 Å². The number of hydrogen-bond acceptors (Lipinski definition) is 5. The second-order valence-corrected chi connectivity index (χ2v) is 6.94. The van der Waals surface area contributed by atoms with Crippen LogP contribution in [0.25, 0.3) is 0 Å². The quantitative estimate of drug-likeness (QED) is 0.494. The second-order valence-electron chi connectivity index (χ2n) is 6.09. The van der Waals surface area contributed by atoms with Gasteiger partial charge in [0, 0.05) is 7.11 Å². The van der Waals surface area contributed by atoms with Crippen LogP contribution in [0.5, 0.6) is 5.75 Å². The zero-order valence-electron chi connectivity index (χ0n) is 14.3. The highest BCUT2D eigenvalue weighted by Gasteiger charge is 2.42. The van der Waals surface area contributed by atoms with Crippen LogP contribution >= 0.6 is 15.9 Å². The third-order valence-electron chi connectivity index (χ3n) is 4.16. The van der Waals surface area contributed by atoms with E-state index in [9.17, 15) is 18.0 Å². The van der Waals surface area contributed by atoms with Crippen LogP contribution in [0.3, 0.4) is 0 Å². The highest BCUT2D eigenvalue weighted by atomic mass is 79.9. The molecule has 1 saturated carbocycles. The molecule has 1 aliphatic carbocycles.